The number of H-pyrrole nitrogens is 1. The summed E-state index contributed by atoms with van der Waals surface area (Å²) in [6, 6.07) is 13.8. The van der Waals surface area contributed by atoms with Crippen molar-refractivity contribution >= 4 is 34.2 Å². The van der Waals surface area contributed by atoms with E-state index in [1.807, 2.05) is 30.3 Å². The highest BCUT2D eigenvalue weighted by atomic mass is 16.5. The number of rotatable bonds is 11. The van der Waals surface area contributed by atoms with E-state index in [0.717, 1.165) is 32.1 Å². The van der Waals surface area contributed by atoms with Crippen molar-refractivity contribution in [2.24, 2.45) is 11.7 Å². The number of para-hydroxylation sites is 1. The summed E-state index contributed by atoms with van der Waals surface area (Å²) in [7, 11) is 1.57. The number of carbonyl (C=O) groups is 3. The maximum absolute atomic E-state index is 13.9. The molecule has 4 N–H and O–H groups in total. The molecule has 196 valence electrons. The maximum atomic E-state index is 13.9. The predicted octanol–water partition coefficient (Wildman–Crippen LogP) is 4.51. The topological polar surface area (TPSA) is 118 Å². The van der Waals surface area contributed by atoms with Crippen LogP contribution in [0.3, 0.4) is 0 Å². The maximum Gasteiger partial charge on any atom is 0.295 e. The lowest BCUT2D eigenvalue weighted by Crippen LogP contribution is -2.54. The number of hydrogen-bond donors (Lipinski definition) is 3. The van der Waals surface area contributed by atoms with E-state index in [-0.39, 0.29) is 17.4 Å². The van der Waals surface area contributed by atoms with Gasteiger partial charge in [0.2, 0.25) is 5.91 Å². The molecule has 8 nitrogen and oxygen atoms in total. The van der Waals surface area contributed by atoms with Crippen LogP contribution in [0.1, 0.15) is 55.3 Å². The van der Waals surface area contributed by atoms with Crippen LogP contribution in [0.25, 0.3) is 10.9 Å². The molecule has 1 aliphatic rings. The number of benzene rings is 2. The highest BCUT2D eigenvalue weighted by Crippen LogP contribution is 2.31. The van der Waals surface area contributed by atoms with Gasteiger partial charge in [-0.15, -0.1) is 0 Å². The molecule has 1 saturated carbocycles. The number of nitrogens with one attached hydrogen (secondary N) is 2. The van der Waals surface area contributed by atoms with Gasteiger partial charge >= 0.3 is 0 Å². The fourth-order valence-corrected chi connectivity index (χ4v) is 5.26. The monoisotopic (exact) mass is 504 g/mol. The van der Waals surface area contributed by atoms with Crippen molar-refractivity contribution in [1.29, 1.82) is 0 Å². The minimum Gasteiger partial charge on any atom is -0.497 e. The van der Waals surface area contributed by atoms with Crippen LogP contribution in [-0.4, -0.2) is 53.7 Å². The lowest BCUT2D eigenvalue weighted by atomic mass is 9.82. The van der Waals surface area contributed by atoms with Crippen LogP contribution < -0.4 is 15.8 Å². The molecule has 3 aromatic rings. The molecule has 8 heteroatoms. The molecule has 2 aromatic carbocycles. The van der Waals surface area contributed by atoms with Gasteiger partial charge in [0.05, 0.1) is 12.7 Å². The third-order valence-corrected chi connectivity index (χ3v) is 7.18. The lowest BCUT2D eigenvalue weighted by molar-refractivity contribution is -0.137. The molecule has 1 unspecified atom stereocenters. The molecule has 1 atom stereocenters. The Kier molecular flexibility index (Phi) is 8.95. The normalized spacial score (nSPS) is 14.8. The molecule has 37 heavy (non-hydrogen) atoms. The van der Waals surface area contributed by atoms with Gasteiger partial charge in [-0.05, 0) is 62.4 Å². The number of aromatic nitrogens is 1. The first kappa shape index (κ1) is 26.4. The number of unbranched alkanes of at least 4 members (excludes halogenated alkanes) is 1. The van der Waals surface area contributed by atoms with Gasteiger partial charge < -0.3 is 25.7 Å². The highest BCUT2D eigenvalue weighted by Gasteiger charge is 2.39. The second-order valence-electron chi connectivity index (χ2n) is 9.64. The van der Waals surface area contributed by atoms with Gasteiger partial charge in [0, 0.05) is 35.4 Å². The van der Waals surface area contributed by atoms with Crippen LogP contribution in [0.2, 0.25) is 0 Å². The third-order valence-electron chi connectivity index (χ3n) is 7.18. The summed E-state index contributed by atoms with van der Waals surface area (Å²) < 4.78 is 5.27. The van der Waals surface area contributed by atoms with Gasteiger partial charge in [0.15, 0.2) is 0 Å². The first-order valence-electron chi connectivity index (χ1n) is 13.1. The Bertz CT molecular complexity index is 1220. The summed E-state index contributed by atoms with van der Waals surface area (Å²) in [6.07, 6.45) is 7.67. The van der Waals surface area contributed by atoms with Crippen LogP contribution in [0.15, 0.2) is 54.7 Å². The zero-order valence-electron chi connectivity index (χ0n) is 21.4. The van der Waals surface area contributed by atoms with E-state index in [0.29, 0.717) is 48.3 Å². The number of carbonyl (C=O) groups excluding carboxylic acids is 3. The fraction of sp³-hybridized carbons (Fsp3) is 0.414. The van der Waals surface area contributed by atoms with E-state index in [1.165, 1.54) is 4.90 Å². The molecule has 4 rings (SSSR count). The van der Waals surface area contributed by atoms with Crippen molar-refractivity contribution in [1.82, 2.24) is 9.88 Å². The zero-order chi connectivity index (χ0) is 26.2. The van der Waals surface area contributed by atoms with Gasteiger partial charge in [-0.1, -0.05) is 37.5 Å². The number of aromatic amines is 1. The Morgan fingerprint density at radius 1 is 1.08 bits per heavy atom. The number of ether oxygens (including phenoxy) is 1. The van der Waals surface area contributed by atoms with Crippen LogP contribution in [-0.2, 0) is 9.59 Å². The number of amides is 2. The van der Waals surface area contributed by atoms with E-state index in [4.69, 9.17) is 10.5 Å². The van der Waals surface area contributed by atoms with Crippen molar-refractivity contribution in [3.05, 3.63) is 60.3 Å². The van der Waals surface area contributed by atoms with Gasteiger partial charge in [0.1, 0.15) is 11.8 Å². The molecule has 1 aromatic heterocycles. The van der Waals surface area contributed by atoms with Crippen molar-refractivity contribution in [2.45, 2.75) is 51.0 Å². The number of nitrogens with two attached hydrogens (primary N) is 1. The van der Waals surface area contributed by atoms with E-state index in [2.05, 4.69) is 10.3 Å². The summed E-state index contributed by atoms with van der Waals surface area (Å²) in [5, 5.41) is 3.63. The molecule has 2 amide bonds. The van der Waals surface area contributed by atoms with Crippen LogP contribution >= 0.6 is 0 Å². The smallest absolute Gasteiger partial charge is 0.295 e. The number of ketones is 1. The minimum atomic E-state index is -0.736. The molecule has 0 bridgehead atoms. The standard InChI is InChI=1S/C29H36N4O4/c1-37-22-14-15-23-24(19-31-25(23)18-22)27(34)29(36)33(17-9-8-16-30)26(20-10-4-2-5-11-20)28(35)32-21-12-6-3-7-13-21/h3,6-7,12-15,18-20,26,31H,2,4-5,8-11,16-17,30H2,1H3,(H,32,35). The molecule has 1 heterocycles. The highest BCUT2D eigenvalue weighted by molar-refractivity contribution is 6.45. The second kappa shape index (κ2) is 12.5. The minimum absolute atomic E-state index is 0.0145. The largest absolute Gasteiger partial charge is 0.497 e. The van der Waals surface area contributed by atoms with E-state index in [9.17, 15) is 14.4 Å². The van der Waals surface area contributed by atoms with Crippen molar-refractivity contribution < 1.29 is 19.1 Å². The molecule has 1 aliphatic carbocycles. The fourth-order valence-electron chi connectivity index (χ4n) is 5.26. The Morgan fingerprint density at radius 2 is 1.84 bits per heavy atom. The number of Topliss-reactive ketones (excluding diaryl/α,β-unsaturated/α-hetero) is 1. The zero-order valence-corrected chi connectivity index (χ0v) is 21.4. The molecule has 0 spiro atoms. The summed E-state index contributed by atoms with van der Waals surface area (Å²) >= 11 is 0. The Balaban J connectivity index is 1.67. The Morgan fingerprint density at radius 3 is 2.54 bits per heavy atom. The molecule has 0 aliphatic heterocycles. The van der Waals surface area contributed by atoms with Gasteiger partial charge in [0.25, 0.3) is 11.7 Å². The molecule has 1 fully saturated rings. The summed E-state index contributed by atoms with van der Waals surface area (Å²) in [5.74, 6) is -0.905. The molecule has 0 saturated heterocycles. The SMILES string of the molecule is COc1ccc2c(C(=O)C(=O)N(CCCCN)C(C(=O)Nc3ccccc3)C3CCCCC3)c[nH]c2c1. The molecule has 0 radical (unpaired) electrons. The van der Waals surface area contributed by atoms with Crippen LogP contribution in [0.5, 0.6) is 5.75 Å². The summed E-state index contributed by atoms with van der Waals surface area (Å²) in [6.45, 7) is 0.770. The second-order valence-corrected chi connectivity index (χ2v) is 9.64. The van der Waals surface area contributed by atoms with Crippen LogP contribution in [0.4, 0.5) is 5.69 Å². The first-order chi connectivity index (χ1) is 18.0. The molecular weight excluding hydrogens is 468 g/mol. The lowest BCUT2D eigenvalue weighted by Gasteiger charge is -2.37. The number of hydrogen-bond acceptors (Lipinski definition) is 5. The number of fused-ring (bicyclic) bond motifs is 1. The van der Waals surface area contributed by atoms with E-state index < -0.39 is 17.7 Å². The van der Waals surface area contributed by atoms with Crippen molar-refractivity contribution in [3.8, 4) is 5.75 Å². The Hall–Kier alpha value is -3.65. The van der Waals surface area contributed by atoms with Gasteiger partial charge in [-0.25, -0.2) is 0 Å². The van der Waals surface area contributed by atoms with Gasteiger partial charge in [-0.3, -0.25) is 14.4 Å². The van der Waals surface area contributed by atoms with Gasteiger partial charge in [-0.2, -0.15) is 0 Å². The summed E-state index contributed by atoms with van der Waals surface area (Å²) in [4.78, 5) is 45.8. The summed E-state index contributed by atoms with van der Waals surface area (Å²) in [5.41, 5.74) is 7.39. The van der Waals surface area contributed by atoms with Crippen molar-refractivity contribution in [3.63, 3.8) is 0 Å². The Labute approximate surface area is 217 Å². The third kappa shape index (κ3) is 6.20. The number of nitrogens with zero attached hydrogens (tertiary/aromatic N) is 1. The van der Waals surface area contributed by atoms with E-state index in [1.54, 1.807) is 31.5 Å². The quantitative estimate of drug-likeness (QED) is 0.202. The number of anilines is 1. The molecular formula is C29H36N4O4. The van der Waals surface area contributed by atoms with Crippen LogP contribution in [0, 0.1) is 5.92 Å². The first-order valence-corrected chi connectivity index (χ1v) is 13.1. The number of methoxy groups -OCH3 is 1. The average Bonchev–Trinajstić information content (AvgIpc) is 3.36. The predicted molar refractivity (Wildman–Crippen MR) is 145 cm³/mol. The average molecular weight is 505 g/mol. The van der Waals surface area contributed by atoms with Crippen molar-refractivity contribution in [2.75, 3.05) is 25.5 Å². The van der Waals surface area contributed by atoms with E-state index >= 15 is 0 Å².